The Morgan fingerprint density at radius 3 is 2.37 bits per heavy atom. The van der Waals surface area contributed by atoms with E-state index in [0.717, 1.165) is 38.4 Å². The summed E-state index contributed by atoms with van der Waals surface area (Å²) in [7, 11) is 1.81. The van der Waals surface area contributed by atoms with Crippen molar-refractivity contribution in [2.75, 3.05) is 11.9 Å². The summed E-state index contributed by atoms with van der Waals surface area (Å²) in [5, 5.41) is 1.45. The number of hydrogen-bond acceptors (Lipinski definition) is 4. The number of anilines is 1. The molecule has 0 fully saturated rings. The summed E-state index contributed by atoms with van der Waals surface area (Å²) in [6.07, 6.45) is 0. The molecule has 0 aliphatic heterocycles. The second-order valence-corrected chi connectivity index (χ2v) is 8.47. The third-order valence-corrected chi connectivity index (χ3v) is 6.26. The first-order valence-corrected chi connectivity index (χ1v) is 10.7. The quantitative estimate of drug-likeness (QED) is 0.301. The number of aromatic nitrogens is 3. The molecular formula is C24H20N4OS. The summed E-state index contributed by atoms with van der Waals surface area (Å²) in [5.41, 5.74) is 4.51. The molecule has 5 nitrogen and oxygen atoms in total. The van der Waals surface area contributed by atoms with E-state index in [0.29, 0.717) is 0 Å². The molecule has 0 bridgehead atoms. The van der Waals surface area contributed by atoms with Gasteiger partial charge in [-0.2, -0.15) is 0 Å². The predicted octanol–water partition coefficient (Wildman–Crippen LogP) is 5.18. The highest BCUT2D eigenvalue weighted by Gasteiger charge is 2.23. The molecule has 1 atom stereocenters. The van der Waals surface area contributed by atoms with E-state index in [1.165, 1.54) is 11.8 Å². The summed E-state index contributed by atoms with van der Waals surface area (Å²) >= 11 is 1.46. The van der Waals surface area contributed by atoms with Crippen LogP contribution in [0.15, 0.2) is 84.0 Å². The zero-order valence-corrected chi connectivity index (χ0v) is 17.5. The van der Waals surface area contributed by atoms with Crippen LogP contribution in [0.4, 0.5) is 5.69 Å². The highest BCUT2D eigenvalue weighted by atomic mass is 32.2. The van der Waals surface area contributed by atoms with Crippen molar-refractivity contribution in [3.8, 4) is 0 Å². The van der Waals surface area contributed by atoms with Gasteiger partial charge < -0.3 is 4.90 Å². The topological polar surface area (TPSA) is 50.5 Å². The summed E-state index contributed by atoms with van der Waals surface area (Å²) < 4.78 is 2.06. The maximum absolute atomic E-state index is 13.1. The molecule has 0 N–H and O–H groups in total. The van der Waals surface area contributed by atoms with E-state index in [9.17, 15) is 4.79 Å². The van der Waals surface area contributed by atoms with Crippen molar-refractivity contribution in [2.45, 2.75) is 17.3 Å². The number of carbonyl (C=O) groups is 1. The lowest BCUT2D eigenvalue weighted by atomic mass is 10.2. The lowest BCUT2D eigenvalue weighted by molar-refractivity contribution is -0.117. The largest absolute Gasteiger partial charge is 0.315 e. The van der Waals surface area contributed by atoms with E-state index in [1.807, 2.05) is 92.8 Å². The number of benzene rings is 3. The number of fused-ring (bicyclic) bond motifs is 5. The predicted molar refractivity (Wildman–Crippen MR) is 123 cm³/mol. The van der Waals surface area contributed by atoms with Gasteiger partial charge in [-0.15, -0.1) is 0 Å². The molecule has 148 valence electrons. The third-order valence-electron chi connectivity index (χ3n) is 5.22. The van der Waals surface area contributed by atoms with E-state index in [-0.39, 0.29) is 11.2 Å². The zero-order valence-electron chi connectivity index (χ0n) is 16.7. The Bertz CT molecular complexity index is 1380. The van der Waals surface area contributed by atoms with Crippen molar-refractivity contribution in [1.82, 2.24) is 14.4 Å². The monoisotopic (exact) mass is 412 g/mol. The molecule has 5 aromatic rings. The van der Waals surface area contributed by atoms with Crippen LogP contribution in [0.3, 0.4) is 0 Å². The number of imidazole rings is 1. The fourth-order valence-electron chi connectivity index (χ4n) is 3.65. The molecule has 2 aromatic heterocycles. The maximum atomic E-state index is 13.1. The van der Waals surface area contributed by atoms with E-state index >= 15 is 0 Å². The van der Waals surface area contributed by atoms with E-state index in [1.54, 1.807) is 4.90 Å². The molecular weight excluding hydrogens is 392 g/mol. The molecule has 0 radical (unpaired) electrons. The van der Waals surface area contributed by atoms with Crippen molar-refractivity contribution in [3.05, 3.63) is 78.9 Å². The van der Waals surface area contributed by atoms with Crippen molar-refractivity contribution in [3.63, 3.8) is 0 Å². The second-order valence-electron chi connectivity index (χ2n) is 7.16. The Hall–Kier alpha value is -3.38. The molecule has 0 spiro atoms. The van der Waals surface area contributed by atoms with Gasteiger partial charge in [-0.05, 0) is 43.3 Å². The van der Waals surface area contributed by atoms with E-state index in [2.05, 4.69) is 4.40 Å². The minimum atomic E-state index is -0.312. The number of carbonyl (C=O) groups excluding carboxylic acids is 1. The number of rotatable bonds is 4. The Labute approximate surface area is 178 Å². The normalized spacial score (nSPS) is 12.5. The number of thioether (sulfide) groups is 1. The highest BCUT2D eigenvalue weighted by molar-refractivity contribution is 8.00. The average molecular weight is 413 g/mol. The van der Waals surface area contributed by atoms with Crippen LogP contribution >= 0.6 is 11.8 Å². The van der Waals surface area contributed by atoms with Crippen molar-refractivity contribution >= 4 is 50.9 Å². The average Bonchev–Trinajstić information content (AvgIpc) is 3.19. The van der Waals surface area contributed by atoms with Crippen molar-refractivity contribution < 1.29 is 4.79 Å². The molecule has 6 heteroatoms. The molecule has 2 heterocycles. The smallest absolute Gasteiger partial charge is 0.240 e. The van der Waals surface area contributed by atoms with Crippen LogP contribution in [0, 0.1) is 0 Å². The molecule has 5 rings (SSSR count). The Balaban J connectivity index is 1.60. The van der Waals surface area contributed by atoms with Gasteiger partial charge in [0.25, 0.3) is 0 Å². The van der Waals surface area contributed by atoms with Crippen LogP contribution in [0.2, 0.25) is 0 Å². The van der Waals surface area contributed by atoms with Gasteiger partial charge in [0.05, 0.1) is 21.8 Å². The molecule has 0 saturated carbocycles. The lowest BCUT2D eigenvalue weighted by Gasteiger charge is -2.21. The Kier molecular flexibility index (Phi) is 4.64. The molecule has 0 saturated heterocycles. The summed E-state index contributed by atoms with van der Waals surface area (Å²) in [5.74, 6) is 0.0266. The van der Waals surface area contributed by atoms with Gasteiger partial charge in [0.15, 0.2) is 5.16 Å². The van der Waals surface area contributed by atoms with Crippen molar-refractivity contribution in [2.24, 2.45) is 0 Å². The standard InChI is InChI=1S/C24H20N4OS/c1-16(23(29)27(2)17-10-4-3-5-11-17)30-24-26-19-13-7-6-12-18(19)22-25-20-14-8-9-15-21(20)28(22)24/h3-16H,1-2H3. The molecule has 3 aromatic carbocycles. The van der Waals surface area contributed by atoms with Crippen LogP contribution in [-0.4, -0.2) is 32.6 Å². The van der Waals surface area contributed by atoms with Gasteiger partial charge in [0.2, 0.25) is 5.91 Å². The van der Waals surface area contributed by atoms with Gasteiger partial charge in [-0.1, -0.05) is 54.2 Å². The van der Waals surface area contributed by atoms with E-state index < -0.39 is 0 Å². The number of hydrogen-bond donors (Lipinski definition) is 0. The fraction of sp³-hybridized carbons (Fsp3) is 0.125. The van der Waals surface area contributed by atoms with Crippen LogP contribution < -0.4 is 4.90 Å². The Morgan fingerprint density at radius 1 is 0.900 bits per heavy atom. The van der Waals surface area contributed by atoms with Crippen LogP contribution in [0.25, 0.3) is 27.6 Å². The highest BCUT2D eigenvalue weighted by Crippen LogP contribution is 2.31. The van der Waals surface area contributed by atoms with Gasteiger partial charge in [0.1, 0.15) is 5.65 Å². The fourth-order valence-corrected chi connectivity index (χ4v) is 4.67. The van der Waals surface area contributed by atoms with Crippen LogP contribution in [-0.2, 0) is 4.79 Å². The minimum Gasteiger partial charge on any atom is -0.315 e. The summed E-state index contributed by atoms with van der Waals surface area (Å²) in [6.45, 7) is 1.92. The number of nitrogens with zero attached hydrogens (tertiary/aromatic N) is 4. The molecule has 30 heavy (non-hydrogen) atoms. The molecule has 1 unspecified atom stereocenters. The maximum Gasteiger partial charge on any atom is 0.240 e. The van der Waals surface area contributed by atoms with Gasteiger partial charge in [0, 0.05) is 18.1 Å². The van der Waals surface area contributed by atoms with Crippen molar-refractivity contribution in [1.29, 1.82) is 0 Å². The van der Waals surface area contributed by atoms with E-state index in [4.69, 9.17) is 9.97 Å². The van der Waals surface area contributed by atoms with Crippen LogP contribution in [0.5, 0.6) is 0 Å². The van der Waals surface area contributed by atoms with Gasteiger partial charge in [-0.3, -0.25) is 9.20 Å². The summed E-state index contributed by atoms with van der Waals surface area (Å²) in [4.78, 5) is 24.5. The number of amides is 1. The molecule has 0 aliphatic carbocycles. The second kappa shape index (κ2) is 7.46. The zero-order chi connectivity index (χ0) is 20.7. The third kappa shape index (κ3) is 3.09. The van der Waals surface area contributed by atoms with Crippen LogP contribution in [0.1, 0.15) is 6.92 Å². The first kappa shape index (κ1) is 18.6. The lowest BCUT2D eigenvalue weighted by Crippen LogP contribution is -2.33. The minimum absolute atomic E-state index is 0.0266. The number of para-hydroxylation sites is 4. The SMILES string of the molecule is CC(Sc1nc2ccccc2c2nc3ccccc3n12)C(=O)N(C)c1ccccc1. The van der Waals surface area contributed by atoms with Gasteiger partial charge in [-0.25, -0.2) is 9.97 Å². The first-order valence-electron chi connectivity index (χ1n) is 9.79. The Morgan fingerprint density at radius 2 is 1.57 bits per heavy atom. The summed E-state index contributed by atoms with van der Waals surface area (Å²) in [6, 6.07) is 25.7. The molecule has 0 aliphatic rings. The van der Waals surface area contributed by atoms with Gasteiger partial charge >= 0.3 is 0 Å². The molecule has 1 amide bonds. The first-order chi connectivity index (χ1) is 14.6.